The van der Waals surface area contributed by atoms with Gasteiger partial charge in [0.15, 0.2) is 0 Å². The lowest BCUT2D eigenvalue weighted by Gasteiger charge is -2.25. The molecule has 0 aromatic carbocycles. The van der Waals surface area contributed by atoms with Crippen molar-refractivity contribution in [3.05, 3.63) is 12.2 Å². The monoisotopic (exact) mass is 155 g/mol. The summed E-state index contributed by atoms with van der Waals surface area (Å²) < 4.78 is 0. The van der Waals surface area contributed by atoms with Crippen LogP contribution in [0, 0.1) is 0 Å². The fourth-order valence-corrected chi connectivity index (χ4v) is 0.970. The third-order valence-corrected chi connectivity index (χ3v) is 1.59. The molecule has 0 saturated carbocycles. The summed E-state index contributed by atoms with van der Waals surface area (Å²) in [6, 6.07) is 0. The summed E-state index contributed by atoms with van der Waals surface area (Å²) in [5.41, 5.74) is 0.534. The van der Waals surface area contributed by atoms with Crippen LogP contribution in [-0.4, -0.2) is 24.1 Å². The van der Waals surface area contributed by atoms with Gasteiger partial charge in [-0.05, 0) is 19.8 Å². The predicted octanol–water partition coefficient (Wildman–Crippen LogP) is 1.12. The first-order valence-corrected chi connectivity index (χ1v) is 3.82. The van der Waals surface area contributed by atoms with Crippen LogP contribution in [-0.2, 0) is 9.63 Å². The van der Waals surface area contributed by atoms with Gasteiger partial charge in [0, 0.05) is 12.1 Å². The summed E-state index contributed by atoms with van der Waals surface area (Å²) in [6.45, 7) is 6.61. The maximum absolute atomic E-state index is 11.2. The van der Waals surface area contributed by atoms with E-state index in [0.29, 0.717) is 18.7 Å². The van der Waals surface area contributed by atoms with Crippen molar-refractivity contribution >= 4 is 5.91 Å². The molecule has 0 atom stereocenters. The summed E-state index contributed by atoms with van der Waals surface area (Å²) in [6.07, 6.45) is 2.07. The zero-order valence-electron chi connectivity index (χ0n) is 6.80. The number of rotatable bonds is 1. The van der Waals surface area contributed by atoms with Gasteiger partial charge >= 0.3 is 0 Å². The molecule has 0 spiro atoms. The minimum Gasteiger partial charge on any atom is -0.271 e. The van der Waals surface area contributed by atoms with E-state index in [-0.39, 0.29) is 5.91 Å². The fourth-order valence-electron chi connectivity index (χ4n) is 0.970. The number of hydroxylamine groups is 2. The number of carbonyl (C=O) groups excluding carboxylic acids is 1. The van der Waals surface area contributed by atoms with E-state index in [1.165, 1.54) is 5.06 Å². The molecule has 1 amide bonds. The highest BCUT2D eigenvalue weighted by Crippen LogP contribution is 2.08. The van der Waals surface area contributed by atoms with Crippen LogP contribution in [0.25, 0.3) is 0 Å². The van der Waals surface area contributed by atoms with E-state index in [0.717, 1.165) is 12.8 Å². The predicted molar refractivity (Wildman–Crippen MR) is 41.7 cm³/mol. The Labute approximate surface area is 66.6 Å². The van der Waals surface area contributed by atoms with Crippen LogP contribution in [0.15, 0.2) is 12.2 Å². The number of nitrogens with zero attached hydrogens (tertiary/aromatic N) is 1. The quantitative estimate of drug-likeness (QED) is 0.531. The van der Waals surface area contributed by atoms with Crippen molar-refractivity contribution in [2.24, 2.45) is 0 Å². The summed E-state index contributed by atoms with van der Waals surface area (Å²) in [4.78, 5) is 16.3. The minimum atomic E-state index is -0.0929. The molecule has 1 saturated heterocycles. The maximum atomic E-state index is 11.2. The van der Waals surface area contributed by atoms with Crippen LogP contribution in [0.4, 0.5) is 0 Å². The van der Waals surface area contributed by atoms with Crippen molar-refractivity contribution < 1.29 is 9.63 Å². The topological polar surface area (TPSA) is 29.5 Å². The second kappa shape index (κ2) is 3.53. The number of hydrogen-bond acceptors (Lipinski definition) is 2. The Morgan fingerprint density at radius 3 is 2.73 bits per heavy atom. The van der Waals surface area contributed by atoms with Gasteiger partial charge in [0.1, 0.15) is 0 Å². The summed E-state index contributed by atoms with van der Waals surface area (Å²) in [5.74, 6) is -0.0929. The van der Waals surface area contributed by atoms with Gasteiger partial charge in [0.2, 0.25) is 0 Å². The van der Waals surface area contributed by atoms with Crippen LogP contribution in [0.5, 0.6) is 0 Å². The van der Waals surface area contributed by atoms with E-state index in [4.69, 9.17) is 4.84 Å². The zero-order valence-corrected chi connectivity index (χ0v) is 6.80. The van der Waals surface area contributed by atoms with Gasteiger partial charge < -0.3 is 0 Å². The van der Waals surface area contributed by atoms with Gasteiger partial charge in [-0.15, -0.1) is 0 Å². The van der Waals surface area contributed by atoms with E-state index in [1.54, 1.807) is 6.92 Å². The fraction of sp³-hybridized carbons (Fsp3) is 0.625. The highest BCUT2D eigenvalue weighted by molar-refractivity contribution is 5.91. The standard InChI is InChI=1S/C8H13NO2/c1-7(2)8(10)9-5-3-4-6-11-9/h1,3-6H2,2H3. The van der Waals surface area contributed by atoms with Gasteiger partial charge in [0.05, 0.1) is 6.61 Å². The van der Waals surface area contributed by atoms with Crippen LogP contribution >= 0.6 is 0 Å². The summed E-state index contributed by atoms with van der Waals surface area (Å²) in [7, 11) is 0. The normalized spacial score (nSPS) is 18.1. The number of carbonyl (C=O) groups is 1. The Balaban J connectivity index is 2.45. The van der Waals surface area contributed by atoms with Crippen molar-refractivity contribution in [3.63, 3.8) is 0 Å². The second-order valence-electron chi connectivity index (χ2n) is 2.73. The molecule has 0 N–H and O–H groups in total. The average molecular weight is 155 g/mol. The minimum absolute atomic E-state index is 0.0929. The molecule has 1 aliphatic heterocycles. The third kappa shape index (κ3) is 2.05. The molecule has 1 fully saturated rings. The Morgan fingerprint density at radius 1 is 1.55 bits per heavy atom. The lowest BCUT2D eigenvalue weighted by atomic mass is 10.2. The van der Waals surface area contributed by atoms with E-state index < -0.39 is 0 Å². The van der Waals surface area contributed by atoms with Gasteiger partial charge in [-0.1, -0.05) is 6.58 Å². The van der Waals surface area contributed by atoms with E-state index in [2.05, 4.69) is 6.58 Å². The van der Waals surface area contributed by atoms with Gasteiger partial charge in [-0.2, -0.15) is 0 Å². The highest BCUT2D eigenvalue weighted by atomic mass is 16.7. The number of hydrogen-bond donors (Lipinski definition) is 0. The Kier molecular flexibility index (Phi) is 2.65. The van der Waals surface area contributed by atoms with Crippen molar-refractivity contribution in [2.75, 3.05) is 13.2 Å². The molecule has 0 radical (unpaired) electrons. The van der Waals surface area contributed by atoms with Crippen LogP contribution in [0.2, 0.25) is 0 Å². The van der Waals surface area contributed by atoms with Crippen molar-refractivity contribution in [1.29, 1.82) is 0 Å². The molecule has 1 heterocycles. The summed E-state index contributed by atoms with van der Waals surface area (Å²) >= 11 is 0. The highest BCUT2D eigenvalue weighted by Gasteiger charge is 2.17. The molecular weight excluding hydrogens is 142 g/mol. The van der Waals surface area contributed by atoms with Crippen molar-refractivity contribution in [1.82, 2.24) is 5.06 Å². The van der Waals surface area contributed by atoms with E-state index in [9.17, 15) is 4.79 Å². The molecule has 0 aromatic heterocycles. The molecular formula is C8H13NO2. The third-order valence-electron chi connectivity index (χ3n) is 1.59. The van der Waals surface area contributed by atoms with Gasteiger partial charge in [-0.3, -0.25) is 9.63 Å². The molecule has 11 heavy (non-hydrogen) atoms. The molecule has 0 aliphatic carbocycles. The smallest absolute Gasteiger partial charge is 0.271 e. The maximum Gasteiger partial charge on any atom is 0.272 e. The molecule has 3 heteroatoms. The van der Waals surface area contributed by atoms with E-state index >= 15 is 0 Å². The molecule has 62 valence electrons. The summed E-state index contributed by atoms with van der Waals surface area (Å²) in [5, 5.41) is 1.39. The first kappa shape index (κ1) is 8.27. The van der Waals surface area contributed by atoms with Crippen LogP contribution in [0.1, 0.15) is 19.8 Å². The lowest BCUT2D eigenvalue weighted by molar-refractivity contribution is -0.192. The Morgan fingerprint density at radius 2 is 2.27 bits per heavy atom. The molecule has 3 nitrogen and oxygen atoms in total. The Hall–Kier alpha value is -0.830. The van der Waals surface area contributed by atoms with Crippen molar-refractivity contribution in [3.8, 4) is 0 Å². The van der Waals surface area contributed by atoms with Crippen LogP contribution in [0.3, 0.4) is 0 Å². The van der Waals surface area contributed by atoms with Crippen molar-refractivity contribution in [2.45, 2.75) is 19.8 Å². The molecule has 1 aliphatic rings. The SMILES string of the molecule is C=C(C)C(=O)N1CCCCO1. The second-order valence-corrected chi connectivity index (χ2v) is 2.73. The largest absolute Gasteiger partial charge is 0.272 e. The molecule has 0 bridgehead atoms. The van der Waals surface area contributed by atoms with Crippen LogP contribution < -0.4 is 0 Å². The van der Waals surface area contributed by atoms with Gasteiger partial charge in [-0.25, -0.2) is 5.06 Å². The zero-order chi connectivity index (χ0) is 8.27. The first-order valence-electron chi connectivity index (χ1n) is 3.82. The van der Waals surface area contributed by atoms with E-state index in [1.807, 2.05) is 0 Å². The lowest BCUT2D eigenvalue weighted by Crippen LogP contribution is -2.35. The number of amides is 1. The first-order chi connectivity index (χ1) is 5.22. The Bertz CT molecular complexity index is 171. The molecule has 0 aromatic rings. The average Bonchev–Trinajstić information content (AvgIpc) is 2.05. The van der Waals surface area contributed by atoms with Gasteiger partial charge in [0.25, 0.3) is 5.91 Å². The molecule has 1 rings (SSSR count). The molecule has 0 unspecified atom stereocenters.